The lowest BCUT2D eigenvalue weighted by molar-refractivity contribution is -0.192. The average Bonchev–Trinajstić information content (AvgIpc) is 3.06. The van der Waals surface area contributed by atoms with Crippen LogP contribution in [0, 0.1) is 5.92 Å². The van der Waals surface area contributed by atoms with E-state index >= 15 is 0 Å². The summed E-state index contributed by atoms with van der Waals surface area (Å²) < 4.78 is 37.5. The molecule has 1 aliphatic heterocycles. The van der Waals surface area contributed by atoms with Gasteiger partial charge in [-0.25, -0.2) is 4.79 Å². The van der Waals surface area contributed by atoms with E-state index in [-0.39, 0.29) is 23.9 Å². The van der Waals surface area contributed by atoms with Gasteiger partial charge in [0, 0.05) is 20.1 Å². The van der Waals surface area contributed by atoms with Crippen LogP contribution in [-0.2, 0) is 19.1 Å². The van der Waals surface area contributed by atoms with Crippen LogP contribution >= 0.6 is 0 Å². The Hall–Kier alpha value is -2.14. The van der Waals surface area contributed by atoms with Crippen molar-refractivity contribution in [2.45, 2.75) is 76.9 Å². The maximum absolute atomic E-state index is 11.8. The summed E-state index contributed by atoms with van der Waals surface area (Å²) >= 11 is 0. The van der Waals surface area contributed by atoms with E-state index < -0.39 is 29.8 Å². The van der Waals surface area contributed by atoms with E-state index in [9.17, 15) is 27.9 Å². The number of rotatable bonds is 8. The monoisotopic (exact) mass is 440 g/mol. The molecule has 0 aliphatic carbocycles. The average molecular weight is 440 g/mol. The van der Waals surface area contributed by atoms with Crippen LogP contribution in [0.25, 0.3) is 0 Å². The summed E-state index contributed by atoms with van der Waals surface area (Å²) in [5, 5.41) is 22.7. The zero-order chi connectivity index (χ0) is 23.7. The third-order valence-electron chi connectivity index (χ3n) is 5.23. The second-order valence-electron chi connectivity index (χ2n) is 6.97. The molecule has 0 aromatic heterocycles. The van der Waals surface area contributed by atoms with Crippen molar-refractivity contribution in [2.24, 2.45) is 5.92 Å². The highest BCUT2D eigenvalue weighted by atomic mass is 19.4. The summed E-state index contributed by atoms with van der Waals surface area (Å²) in [5.74, 6) is -3.73. The van der Waals surface area contributed by atoms with E-state index in [2.05, 4.69) is 10.6 Å². The Kier molecular flexibility index (Phi) is 11.0. The third-order valence-corrected chi connectivity index (χ3v) is 5.23. The number of halogens is 3. The Morgan fingerprint density at radius 2 is 1.73 bits per heavy atom. The number of hydrogen-bond acceptors (Lipinski definition) is 5. The number of nitrogens with one attached hydrogen (secondary N) is 2. The molecule has 4 N–H and O–H groups in total. The van der Waals surface area contributed by atoms with E-state index in [1.54, 1.807) is 7.11 Å². The first-order valence-electron chi connectivity index (χ1n) is 9.53. The van der Waals surface area contributed by atoms with Crippen LogP contribution in [0.2, 0.25) is 0 Å². The smallest absolute Gasteiger partial charge is 0.480 e. The van der Waals surface area contributed by atoms with Crippen molar-refractivity contribution >= 4 is 17.8 Å². The van der Waals surface area contributed by atoms with E-state index in [0.29, 0.717) is 6.42 Å². The Morgan fingerprint density at radius 1 is 1.23 bits per heavy atom. The number of carboxylic acids is 2. The van der Waals surface area contributed by atoms with Gasteiger partial charge in [-0.3, -0.25) is 14.9 Å². The Labute approximate surface area is 173 Å². The fourth-order valence-electron chi connectivity index (χ4n) is 3.68. The summed E-state index contributed by atoms with van der Waals surface area (Å²) in [6, 6.07) is -1.10. The van der Waals surface area contributed by atoms with Crippen molar-refractivity contribution < 1.29 is 42.5 Å². The number of carbonyl (C=O) groups is 3. The highest BCUT2D eigenvalue weighted by Gasteiger charge is 2.48. The molecule has 1 heterocycles. The molecule has 0 aromatic carbocycles. The number of amides is 1. The van der Waals surface area contributed by atoms with Crippen molar-refractivity contribution in [3.63, 3.8) is 0 Å². The number of carboxylic acid groups (broad SMARTS) is 2. The number of hydrogen-bond donors (Lipinski definition) is 4. The van der Waals surface area contributed by atoms with E-state index in [1.807, 2.05) is 32.9 Å². The quantitative estimate of drug-likeness (QED) is 0.427. The number of alkyl halides is 3. The minimum absolute atomic E-state index is 0.0329. The summed E-state index contributed by atoms with van der Waals surface area (Å²) in [6.45, 7) is 7.45. The highest BCUT2D eigenvalue weighted by molar-refractivity contribution is 5.75. The molecule has 1 aliphatic rings. The number of ether oxygens (including phenoxy) is 1. The second kappa shape index (κ2) is 11.9. The molecular formula is C19H31F3N2O6. The molecule has 8 nitrogen and oxygen atoms in total. The van der Waals surface area contributed by atoms with Gasteiger partial charge >= 0.3 is 18.1 Å². The minimum Gasteiger partial charge on any atom is -0.480 e. The second-order valence-corrected chi connectivity index (χ2v) is 6.97. The molecule has 0 spiro atoms. The molecule has 1 fully saturated rings. The lowest BCUT2D eigenvalue weighted by Gasteiger charge is -2.43. The van der Waals surface area contributed by atoms with Gasteiger partial charge in [0.05, 0.1) is 11.6 Å². The first kappa shape index (κ1) is 27.9. The number of carbonyl (C=O) groups excluding carboxylic acids is 1. The van der Waals surface area contributed by atoms with E-state index in [1.165, 1.54) is 6.92 Å². The maximum Gasteiger partial charge on any atom is 0.490 e. The van der Waals surface area contributed by atoms with Crippen molar-refractivity contribution in [1.29, 1.82) is 0 Å². The number of allylic oxidation sites excluding steroid dienone is 1. The fourth-order valence-corrected chi connectivity index (χ4v) is 3.68. The van der Waals surface area contributed by atoms with Gasteiger partial charge in [0.1, 0.15) is 6.04 Å². The van der Waals surface area contributed by atoms with Crippen LogP contribution in [0.15, 0.2) is 12.2 Å². The van der Waals surface area contributed by atoms with Crippen LogP contribution in [0.1, 0.15) is 47.0 Å². The Balaban J connectivity index is 0.00000103. The van der Waals surface area contributed by atoms with Crippen LogP contribution in [-0.4, -0.2) is 65.1 Å². The van der Waals surface area contributed by atoms with Crippen molar-refractivity contribution in [1.82, 2.24) is 10.6 Å². The molecule has 0 saturated carbocycles. The molecule has 0 unspecified atom stereocenters. The van der Waals surface area contributed by atoms with Crippen molar-refractivity contribution in [3.8, 4) is 0 Å². The molecule has 174 valence electrons. The molecule has 1 rings (SSSR count). The first-order chi connectivity index (χ1) is 13.8. The SMILES string of the molecule is C/C=C\[C@@H]1C[C@H](C(=O)O)N[C@H]1[C@@H](NC(C)=O)C(CC)(CC)OC.O=C(O)C(F)(F)F. The third kappa shape index (κ3) is 7.60. The van der Waals surface area contributed by atoms with Gasteiger partial charge in [0.2, 0.25) is 5.91 Å². The van der Waals surface area contributed by atoms with Gasteiger partial charge in [-0.15, -0.1) is 0 Å². The van der Waals surface area contributed by atoms with Gasteiger partial charge in [-0.1, -0.05) is 26.0 Å². The summed E-state index contributed by atoms with van der Waals surface area (Å²) in [5.41, 5.74) is -0.531. The van der Waals surface area contributed by atoms with Gasteiger partial charge < -0.3 is 20.3 Å². The number of aliphatic carboxylic acids is 2. The minimum atomic E-state index is -5.08. The molecule has 0 aromatic rings. The molecule has 1 amide bonds. The van der Waals surface area contributed by atoms with Crippen LogP contribution in [0.5, 0.6) is 0 Å². The summed E-state index contributed by atoms with van der Waals surface area (Å²) in [6.07, 6.45) is 0.822. The standard InChI is InChI=1S/C17H30N2O4.C2HF3O2/c1-6-9-12-10-13(16(21)22)19-14(12)15(18-11(4)20)17(7-2,8-3)23-5;3-2(4,5)1(6)7/h6,9,12-15,19H,7-8,10H2,1-5H3,(H,18,20)(H,21,22);(H,6,7)/b9-6-;/t12-,13-,14-,15-;/m1./s1. The predicted molar refractivity (Wildman–Crippen MR) is 103 cm³/mol. The predicted octanol–water partition coefficient (Wildman–Crippen LogP) is 2.34. The molecule has 4 atom stereocenters. The highest BCUT2D eigenvalue weighted by Crippen LogP contribution is 2.34. The lowest BCUT2D eigenvalue weighted by atomic mass is 9.79. The normalized spacial score (nSPS) is 22.9. The number of methoxy groups -OCH3 is 1. The first-order valence-corrected chi connectivity index (χ1v) is 9.53. The molecule has 0 radical (unpaired) electrons. The molecule has 0 bridgehead atoms. The van der Waals surface area contributed by atoms with Crippen molar-refractivity contribution in [3.05, 3.63) is 12.2 Å². The zero-order valence-corrected chi connectivity index (χ0v) is 17.7. The molecule has 1 saturated heterocycles. The topological polar surface area (TPSA) is 125 Å². The molecular weight excluding hydrogens is 409 g/mol. The van der Waals surface area contributed by atoms with Crippen LogP contribution in [0.4, 0.5) is 13.2 Å². The molecule has 11 heteroatoms. The van der Waals surface area contributed by atoms with E-state index in [4.69, 9.17) is 14.6 Å². The lowest BCUT2D eigenvalue weighted by Crippen LogP contribution is -2.63. The van der Waals surface area contributed by atoms with Crippen LogP contribution < -0.4 is 10.6 Å². The summed E-state index contributed by atoms with van der Waals surface area (Å²) in [4.78, 5) is 32.0. The van der Waals surface area contributed by atoms with Crippen molar-refractivity contribution in [2.75, 3.05) is 7.11 Å². The zero-order valence-electron chi connectivity index (χ0n) is 17.7. The van der Waals surface area contributed by atoms with Gasteiger partial charge in [-0.2, -0.15) is 13.2 Å². The van der Waals surface area contributed by atoms with Gasteiger partial charge in [0.15, 0.2) is 0 Å². The fraction of sp³-hybridized carbons (Fsp3) is 0.737. The van der Waals surface area contributed by atoms with Gasteiger partial charge in [0.25, 0.3) is 0 Å². The van der Waals surface area contributed by atoms with E-state index in [0.717, 1.165) is 12.8 Å². The molecule has 30 heavy (non-hydrogen) atoms. The van der Waals surface area contributed by atoms with Crippen LogP contribution in [0.3, 0.4) is 0 Å². The Bertz CT molecular complexity index is 612. The largest absolute Gasteiger partial charge is 0.490 e. The summed E-state index contributed by atoms with van der Waals surface area (Å²) in [7, 11) is 1.65. The Morgan fingerprint density at radius 3 is 2.03 bits per heavy atom. The maximum atomic E-state index is 11.8. The van der Waals surface area contributed by atoms with Gasteiger partial charge in [-0.05, 0) is 32.1 Å².